The lowest BCUT2D eigenvalue weighted by Crippen LogP contribution is -2.31. The number of alkyl halides is 2. The fraction of sp³-hybridized carbons (Fsp3) is 0.600. The van der Waals surface area contributed by atoms with Crippen LogP contribution >= 0.6 is 0 Å². The molecule has 0 aliphatic rings. The van der Waals surface area contributed by atoms with E-state index in [1.807, 2.05) is 0 Å². The highest BCUT2D eigenvalue weighted by molar-refractivity contribution is 7.91. The van der Waals surface area contributed by atoms with Gasteiger partial charge >= 0.3 is 5.76 Å². The number of benzene rings is 1. The van der Waals surface area contributed by atoms with Gasteiger partial charge in [-0.2, -0.15) is 8.78 Å². The molecule has 0 aliphatic heterocycles. The first kappa shape index (κ1) is 18.0. The smallest absolute Gasteiger partial charge is 0.314 e. The van der Waals surface area contributed by atoms with E-state index in [9.17, 15) is 17.2 Å². The zero-order valence-electron chi connectivity index (χ0n) is 12.5. The molecule has 0 bridgehead atoms. The van der Waals surface area contributed by atoms with Crippen LogP contribution in [-0.2, 0) is 16.3 Å². The molecule has 0 aromatic heterocycles. The summed E-state index contributed by atoms with van der Waals surface area (Å²) in [5.74, 6) is -3.37. The van der Waals surface area contributed by atoms with Crippen molar-refractivity contribution in [2.45, 2.75) is 56.2 Å². The van der Waals surface area contributed by atoms with Gasteiger partial charge in [0.15, 0.2) is 0 Å². The second-order valence-corrected chi connectivity index (χ2v) is 7.01. The lowest BCUT2D eigenvalue weighted by Gasteiger charge is -2.18. The summed E-state index contributed by atoms with van der Waals surface area (Å²) < 4.78 is 47.6. The van der Waals surface area contributed by atoms with Crippen LogP contribution in [-0.4, -0.2) is 26.8 Å². The average molecular weight is 319 g/mol. The summed E-state index contributed by atoms with van der Waals surface area (Å²) in [5.41, 5.74) is 0.949. The molecule has 1 N–H and O–H groups in total. The molecule has 1 atom stereocenters. The summed E-state index contributed by atoms with van der Waals surface area (Å²) in [6.45, 7) is 5.14. The van der Waals surface area contributed by atoms with Crippen molar-refractivity contribution in [1.82, 2.24) is 5.32 Å². The van der Waals surface area contributed by atoms with Gasteiger partial charge in [0.05, 0.1) is 4.90 Å². The second kappa shape index (κ2) is 8.44. The predicted octanol–water partition coefficient (Wildman–Crippen LogP) is 3.39. The Balaban J connectivity index is 2.77. The molecule has 21 heavy (non-hydrogen) atoms. The third-order valence-corrected chi connectivity index (χ3v) is 4.69. The van der Waals surface area contributed by atoms with Crippen molar-refractivity contribution in [2.75, 3.05) is 6.54 Å². The third kappa shape index (κ3) is 5.36. The quantitative estimate of drug-likeness (QED) is 0.759. The normalized spacial score (nSPS) is 13.6. The number of nitrogens with one attached hydrogen (secondary N) is 1. The molecule has 1 aromatic rings. The van der Waals surface area contributed by atoms with Gasteiger partial charge in [0.25, 0.3) is 0 Å². The van der Waals surface area contributed by atoms with Crippen molar-refractivity contribution in [3.05, 3.63) is 29.8 Å². The zero-order valence-corrected chi connectivity index (χ0v) is 13.3. The molecule has 1 rings (SSSR count). The highest BCUT2D eigenvalue weighted by Crippen LogP contribution is 2.19. The lowest BCUT2D eigenvalue weighted by molar-refractivity contribution is 0.234. The zero-order chi connectivity index (χ0) is 15.9. The Morgan fingerprint density at radius 2 is 1.71 bits per heavy atom. The van der Waals surface area contributed by atoms with E-state index in [0.717, 1.165) is 37.8 Å². The monoisotopic (exact) mass is 319 g/mol. The Labute approximate surface area is 125 Å². The van der Waals surface area contributed by atoms with E-state index < -0.39 is 15.6 Å². The summed E-state index contributed by atoms with van der Waals surface area (Å²) in [6, 6.07) is 6.09. The first-order valence-electron chi connectivity index (χ1n) is 7.26. The molecule has 1 unspecified atom stereocenters. The van der Waals surface area contributed by atoms with E-state index in [0.29, 0.717) is 6.04 Å². The molecular formula is C15H23F2NO2S. The Morgan fingerprint density at radius 3 is 2.19 bits per heavy atom. The van der Waals surface area contributed by atoms with Crippen molar-refractivity contribution in [1.29, 1.82) is 0 Å². The van der Waals surface area contributed by atoms with Crippen LogP contribution in [0.25, 0.3) is 0 Å². The topological polar surface area (TPSA) is 46.2 Å². The Hall–Kier alpha value is -1.01. The first-order valence-corrected chi connectivity index (χ1v) is 8.80. The molecule has 0 saturated carbocycles. The maximum Gasteiger partial charge on any atom is 0.341 e. The van der Waals surface area contributed by atoms with Crippen molar-refractivity contribution < 1.29 is 17.2 Å². The van der Waals surface area contributed by atoms with E-state index in [-0.39, 0.29) is 4.90 Å². The van der Waals surface area contributed by atoms with Crippen LogP contribution in [0.3, 0.4) is 0 Å². The van der Waals surface area contributed by atoms with Gasteiger partial charge in [-0.1, -0.05) is 32.4 Å². The van der Waals surface area contributed by atoms with Gasteiger partial charge in [-0.15, -0.1) is 0 Å². The van der Waals surface area contributed by atoms with Gasteiger partial charge in [-0.3, -0.25) is 0 Å². The molecular weight excluding hydrogens is 296 g/mol. The molecule has 0 spiro atoms. The minimum absolute atomic E-state index is 0.324. The molecule has 0 radical (unpaired) electrons. The van der Waals surface area contributed by atoms with Crippen molar-refractivity contribution in [2.24, 2.45) is 0 Å². The van der Waals surface area contributed by atoms with E-state index in [4.69, 9.17) is 0 Å². The third-order valence-electron chi connectivity index (χ3n) is 3.29. The molecule has 120 valence electrons. The molecule has 0 amide bonds. The maximum atomic E-state index is 12.5. The van der Waals surface area contributed by atoms with Crippen LogP contribution in [0, 0.1) is 0 Å². The standard InChI is InChI=1S/C15H23F2NO2S/c1-3-5-13(18-10-4-2)11-12-6-8-14(9-7-12)21(19,20)15(16)17/h6-9,13,15,18H,3-5,10-11H2,1-2H3. The van der Waals surface area contributed by atoms with E-state index >= 15 is 0 Å². The first-order chi connectivity index (χ1) is 9.91. The fourth-order valence-electron chi connectivity index (χ4n) is 2.18. The number of rotatable bonds is 9. The SMILES string of the molecule is CCCNC(CCC)Cc1ccc(S(=O)(=O)C(F)F)cc1. The predicted molar refractivity (Wildman–Crippen MR) is 80.3 cm³/mol. The average Bonchev–Trinajstić information content (AvgIpc) is 2.45. The van der Waals surface area contributed by atoms with Gasteiger partial charge in [0, 0.05) is 6.04 Å². The molecule has 0 heterocycles. The van der Waals surface area contributed by atoms with Crippen LogP contribution in [0.15, 0.2) is 29.2 Å². The van der Waals surface area contributed by atoms with Gasteiger partial charge in [0.1, 0.15) is 0 Å². The Kier molecular flexibility index (Phi) is 7.25. The minimum Gasteiger partial charge on any atom is -0.314 e. The fourth-order valence-corrected chi connectivity index (χ4v) is 2.90. The summed E-state index contributed by atoms with van der Waals surface area (Å²) in [7, 11) is -4.50. The van der Waals surface area contributed by atoms with Crippen LogP contribution in [0.5, 0.6) is 0 Å². The molecule has 3 nitrogen and oxygen atoms in total. The van der Waals surface area contributed by atoms with Crippen LogP contribution in [0.2, 0.25) is 0 Å². The van der Waals surface area contributed by atoms with Gasteiger partial charge in [0.2, 0.25) is 9.84 Å². The molecule has 1 aromatic carbocycles. The second-order valence-electron chi connectivity index (χ2n) is 5.09. The van der Waals surface area contributed by atoms with E-state index in [1.54, 1.807) is 12.1 Å². The molecule has 0 fully saturated rings. The van der Waals surface area contributed by atoms with E-state index in [2.05, 4.69) is 19.2 Å². The Bertz CT molecular complexity index is 515. The summed E-state index contributed by atoms with van der Waals surface area (Å²) >= 11 is 0. The highest BCUT2D eigenvalue weighted by Gasteiger charge is 2.26. The molecule has 6 heteroatoms. The molecule has 0 saturated heterocycles. The largest absolute Gasteiger partial charge is 0.341 e. The number of halogens is 2. The van der Waals surface area contributed by atoms with Crippen molar-refractivity contribution in [3.8, 4) is 0 Å². The summed E-state index contributed by atoms with van der Waals surface area (Å²) in [4.78, 5) is -0.324. The van der Waals surface area contributed by atoms with Gasteiger partial charge in [-0.25, -0.2) is 8.42 Å². The molecule has 0 aliphatic carbocycles. The number of sulfone groups is 1. The lowest BCUT2D eigenvalue weighted by atomic mass is 10.0. The van der Waals surface area contributed by atoms with Crippen LogP contribution in [0.4, 0.5) is 8.78 Å². The summed E-state index contributed by atoms with van der Waals surface area (Å²) in [6.07, 6.45) is 3.89. The maximum absolute atomic E-state index is 12.5. The van der Waals surface area contributed by atoms with Crippen molar-refractivity contribution >= 4 is 9.84 Å². The Morgan fingerprint density at radius 1 is 1.10 bits per heavy atom. The minimum atomic E-state index is -4.50. The summed E-state index contributed by atoms with van der Waals surface area (Å²) in [5, 5.41) is 3.44. The van der Waals surface area contributed by atoms with Gasteiger partial charge in [-0.05, 0) is 43.5 Å². The van der Waals surface area contributed by atoms with Crippen LogP contribution in [0.1, 0.15) is 38.7 Å². The van der Waals surface area contributed by atoms with Crippen molar-refractivity contribution in [3.63, 3.8) is 0 Å². The van der Waals surface area contributed by atoms with Crippen LogP contribution < -0.4 is 5.32 Å². The number of hydrogen-bond donors (Lipinski definition) is 1. The van der Waals surface area contributed by atoms with E-state index in [1.165, 1.54) is 12.1 Å². The number of hydrogen-bond acceptors (Lipinski definition) is 3. The van der Waals surface area contributed by atoms with Gasteiger partial charge < -0.3 is 5.32 Å². The highest BCUT2D eigenvalue weighted by atomic mass is 32.2.